The zero-order valence-electron chi connectivity index (χ0n) is 12.1. The monoisotopic (exact) mass is 300 g/mol. The molecule has 0 unspecified atom stereocenters. The lowest BCUT2D eigenvalue weighted by molar-refractivity contribution is -0.231. The molecule has 0 aromatic heterocycles. The van der Waals surface area contributed by atoms with Gasteiger partial charge in [-0.15, -0.1) is 0 Å². The van der Waals surface area contributed by atoms with E-state index in [-0.39, 0.29) is 17.9 Å². The molecule has 0 amide bonds. The van der Waals surface area contributed by atoms with Gasteiger partial charge in [-0.3, -0.25) is 4.89 Å². The number of para-hydroxylation sites is 2. The zero-order chi connectivity index (χ0) is 15.8. The largest absolute Gasteiger partial charge is 0.507 e. The number of hydrogen-bond acceptors (Lipinski definition) is 5. The summed E-state index contributed by atoms with van der Waals surface area (Å²) in [4.78, 5) is 21.1. The highest BCUT2D eigenvalue weighted by atomic mass is 17.2. The summed E-state index contributed by atoms with van der Waals surface area (Å²) in [6.45, 7) is 0.0807. The molecule has 5 nitrogen and oxygen atoms in total. The lowest BCUT2D eigenvalue weighted by Gasteiger charge is -2.04. The van der Waals surface area contributed by atoms with Gasteiger partial charge in [0.2, 0.25) is 0 Å². The van der Waals surface area contributed by atoms with E-state index in [0.717, 1.165) is 11.3 Å². The molecule has 0 fully saturated rings. The predicted octanol–water partition coefficient (Wildman–Crippen LogP) is 3.20. The summed E-state index contributed by atoms with van der Waals surface area (Å²) < 4.78 is 5.21. The van der Waals surface area contributed by atoms with Crippen LogP contribution in [0.5, 0.6) is 11.5 Å². The van der Waals surface area contributed by atoms with Crippen LogP contribution in [0.4, 0.5) is 0 Å². The van der Waals surface area contributed by atoms with Crippen LogP contribution < -0.4 is 4.74 Å². The number of phenolic OH excluding ortho intramolecular Hbond substituents is 1. The molecule has 0 aliphatic carbocycles. The van der Waals surface area contributed by atoms with Crippen molar-refractivity contribution in [3.8, 4) is 11.5 Å². The van der Waals surface area contributed by atoms with Gasteiger partial charge in [0.05, 0.1) is 7.11 Å². The molecular weight excluding hydrogens is 284 g/mol. The van der Waals surface area contributed by atoms with E-state index in [1.165, 1.54) is 12.1 Å². The molecule has 0 atom stereocenters. The summed E-state index contributed by atoms with van der Waals surface area (Å²) in [6, 6.07) is 13.6. The fraction of sp³-hybridized carbons (Fsp3) is 0.118. The van der Waals surface area contributed by atoms with Gasteiger partial charge in [-0.2, -0.15) is 4.89 Å². The topological polar surface area (TPSA) is 65.0 Å². The highest BCUT2D eigenvalue weighted by molar-refractivity contribution is 5.91. The number of phenols is 1. The predicted molar refractivity (Wildman–Crippen MR) is 81.5 cm³/mol. The van der Waals surface area contributed by atoms with Crippen molar-refractivity contribution in [1.29, 1.82) is 0 Å². The van der Waals surface area contributed by atoms with Gasteiger partial charge in [-0.25, -0.2) is 4.79 Å². The molecule has 0 aliphatic rings. The second-order valence-corrected chi connectivity index (χ2v) is 4.32. The van der Waals surface area contributed by atoms with Gasteiger partial charge in [-0.1, -0.05) is 42.5 Å². The summed E-state index contributed by atoms with van der Waals surface area (Å²) in [5.74, 6) is -0.158. The van der Waals surface area contributed by atoms with E-state index in [1.54, 1.807) is 31.4 Å². The van der Waals surface area contributed by atoms with E-state index >= 15 is 0 Å². The van der Waals surface area contributed by atoms with Gasteiger partial charge in [0.15, 0.2) is 0 Å². The van der Waals surface area contributed by atoms with E-state index in [4.69, 9.17) is 9.62 Å². The van der Waals surface area contributed by atoms with E-state index in [9.17, 15) is 9.90 Å². The minimum atomic E-state index is -0.746. The maximum absolute atomic E-state index is 11.6. The Morgan fingerprint density at radius 3 is 2.64 bits per heavy atom. The second kappa shape index (κ2) is 7.85. The molecule has 1 N–H and O–H groups in total. The van der Waals surface area contributed by atoms with Crippen molar-refractivity contribution < 1.29 is 24.4 Å². The Hall–Kier alpha value is -2.79. The number of ether oxygens (including phenoxy) is 1. The van der Waals surface area contributed by atoms with Gasteiger partial charge in [0.1, 0.15) is 23.7 Å². The molecule has 0 saturated heterocycles. The first kappa shape index (κ1) is 15.6. The van der Waals surface area contributed by atoms with Gasteiger partial charge in [0.25, 0.3) is 0 Å². The normalized spacial score (nSPS) is 10.6. The molecule has 0 radical (unpaired) electrons. The number of carbonyl (C=O) groups is 1. The number of hydrogen-bond donors (Lipinski definition) is 1. The molecule has 0 aliphatic heterocycles. The fourth-order valence-corrected chi connectivity index (χ4v) is 1.80. The Balaban J connectivity index is 1.83. The average Bonchev–Trinajstić information content (AvgIpc) is 2.55. The van der Waals surface area contributed by atoms with E-state index in [1.807, 2.05) is 24.3 Å². The Morgan fingerprint density at radius 2 is 1.86 bits per heavy atom. The molecular formula is C17H16O5. The Morgan fingerprint density at radius 1 is 1.14 bits per heavy atom. The standard InChI is InChI=1S/C17H16O5/c1-20-16-11-5-2-7-13(16)8-6-12-21-22-17(19)14-9-3-4-10-15(14)18/h2-11,18H,12H2,1H3/b8-6+. The second-order valence-electron chi connectivity index (χ2n) is 4.32. The van der Waals surface area contributed by atoms with Crippen LogP contribution in [0.25, 0.3) is 6.08 Å². The third-order valence-corrected chi connectivity index (χ3v) is 2.86. The van der Waals surface area contributed by atoms with Crippen molar-refractivity contribution >= 4 is 12.0 Å². The number of carbonyl (C=O) groups excluding carboxylic acids is 1. The first-order chi connectivity index (χ1) is 10.7. The smallest absolute Gasteiger partial charge is 0.376 e. The number of benzene rings is 2. The summed E-state index contributed by atoms with van der Waals surface area (Å²) in [7, 11) is 1.59. The molecule has 22 heavy (non-hydrogen) atoms. The van der Waals surface area contributed by atoms with Crippen molar-refractivity contribution in [2.24, 2.45) is 0 Å². The zero-order valence-corrected chi connectivity index (χ0v) is 12.1. The number of rotatable bonds is 6. The Labute approximate surface area is 128 Å². The van der Waals surface area contributed by atoms with E-state index in [2.05, 4.69) is 4.89 Å². The van der Waals surface area contributed by atoms with Crippen LogP contribution in [0, 0.1) is 0 Å². The number of aromatic hydroxyl groups is 1. The molecule has 114 valence electrons. The highest BCUT2D eigenvalue weighted by Crippen LogP contribution is 2.19. The summed E-state index contributed by atoms with van der Waals surface area (Å²) >= 11 is 0. The van der Waals surface area contributed by atoms with E-state index in [0.29, 0.717) is 0 Å². The first-order valence-corrected chi connectivity index (χ1v) is 6.63. The maximum atomic E-state index is 11.6. The van der Waals surface area contributed by atoms with Crippen LogP contribution in [-0.2, 0) is 9.78 Å². The third-order valence-electron chi connectivity index (χ3n) is 2.86. The minimum absolute atomic E-state index is 0.0520. The van der Waals surface area contributed by atoms with Crippen LogP contribution >= 0.6 is 0 Å². The molecule has 0 saturated carbocycles. The first-order valence-electron chi connectivity index (χ1n) is 6.63. The summed E-state index contributed by atoms with van der Waals surface area (Å²) in [6.07, 6.45) is 3.49. The van der Waals surface area contributed by atoms with Gasteiger partial charge >= 0.3 is 5.97 Å². The molecule has 2 rings (SSSR count). The Kier molecular flexibility index (Phi) is 5.57. The molecule has 2 aromatic carbocycles. The van der Waals surface area contributed by atoms with Crippen molar-refractivity contribution in [2.75, 3.05) is 13.7 Å². The SMILES string of the molecule is COc1ccccc1/C=C/COOC(=O)c1ccccc1O. The average molecular weight is 300 g/mol. The van der Waals surface area contributed by atoms with Crippen molar-refractivity contribution in [1.82, 2.24) is 0 Å². The van der Waals surface area contributed by atoms with Crippen LogP contribution in [-0.4, -0.2) is 24.8 Å². The van der Waals surface area contributed by atoms with Gasteiger partial charge < -0.3 is 9.84 Å². The lowest BCUT2D eigenvalue weighted by atomic mass is 10.2. The van der Waals surface area contributed by atoms with Gasteiger partial charge in [0, 0.05) is 5.56 Å². The third kappa shape index (κ3) is 4.10. The van der Waals surface area contributed by atoms with Crippen LogP contribution in [0.15, 0.2) is 54.6 Å². The van der Waals surface area contributed by atoms with E-state index < -0.39 is 5.97 Å². The summed E-state index contributed by atoms with van der Waals surface area (Å²) in [5, 5.41) is 9.51. The highest BCUT2D eigenvalue weighted by Gasteiger charge is 2.12. The van der Waals surface area contributed by atoms with Crippen molar-refractivity contribution in [2.45, 2.75) is 0 Å². The van der Waals surface area contributed by atoms with Crippen molar-refractivity contribution in [3.05, 3.63) is 65.7 Å². The van der Waals surface area contributed by atoms with Gasteiger partial charge in [-0.05, 0) is 18.2 Å². The number of methoxy groups -OCH3 is 1. The molecule has 0 heterocycles. The molecule has 5 heteroatoms. The van der Waals surface area contributed by atoms with Crippen LogP contribution in [0.1, 0.15) is 15.9 Å². The lowest BCUT2D eigenvalue weighted by Crippen LogP contribution is -2.06. The quantitative estimate of drug-likeness (QED) is 0.504. The Bertz CT molecular complexity index is 664. The molecule has 2 aromatic rings. The van der Waals surface area contributed by atoms with Crippen LogP contribution in [0.3, 0.4) is 0 Å². The maximum Gasteiger partial charge on any atom is 0.376 e. The minimum Gasteiger partial charge on any atom is -0.507 e. The summed E-state index contributed by atoms with van der Waals surface area (Å²) in [5.41, 5.74) is 0.942. The van der Waals surface area contributed by atoms with Crippen LogP contribution in [0.2, 0.25) is 0 Å². The molecule has 0 spiro atoms. The van der Waals surface area contributed by atoms with Crippen molar-refractivity contribution in [3.63, 3.8) is 0 Å². The fourth-order valence-electron chi connectivity index (χ4n) is 1.80. The molecule has 0 bridgehead atoms.